The highest BCUT2D eigenvalue weighted by Crippen LogP contribution is 2.02. The van der Waals surface area contributed by atoms with Gasteiger partial charge in [0.1, 0.15) is 5.38 Å². The van der Waals surface area contributed by atoms with Crippen molar-refractivity contribution in [1.29, 1.82) is 0 Å². The summed E-state index contributed by atoms with van der Waals surface area (Å²) in [6.07, 6.45) is 0. The van der Waals surface area contributed by atoms with Gasteiger partial charge in [-0.05, 0) is 0 Å². The van der Waals surface area contributed by atoms with Crippen LogP contribution in [0.2, 0.25) is 0 Å². The van der Waals surface area contributed by atoms with Crippen LogP contribution in [0.1, 0.15) is 0 Å². The van der Waals surface area contributed by atoms with Crippen molar-refractivity contribution in [2.75, 3.05) is 0 Å². The highest BCUT2D eigenvalue weighted by Gasteiger charge is 2.10. The lowest BCUT2D eigenvalue weighted by Crippen LogP contribution is -2.10. The quantitative estimate of drug-likeness (QED) is 0.585. The van der Waals surface area contributed by atoms with Crippen LogP contribution in [0.15, 0.2) is 0 Å². The SMILES string of the molecule is O=C(O)C(Cl)[CH]Cl. The molecule has 0 amide bonds. The van der Waals surface area contributed by atoms with Gasteiger partial charge in [0, 0.05) is 0 Å². The van der Waals surface area contributed by atoms with Gasteiger partial charge in [-0.2, -0.15) is 0 Å². The van der Waals surface area contributed by atoms with Crippen LogP contribution in [-0.2, 0) is 4.79 Å². The zero-order chi connectivity index (χ0) is 5.86. The first-order chi connectivity index (χ1) is 3.18. The van der Waals surface area contributed by atoms with E-state index in [9.17, 15) is 4.79 Å². The Balaban J connectivity index is 3.34. The largest absolute Gasteiger partial charge is 0.480 e. The number of carboxylic acids is 1. The maximum absolute atomic E-state index is 9.68. The zero-order valence-corrected chi connectivity index (χ0v) is 4.78. The molecule has 0 aliphatic rings. The van der Waals surface area contributed by atoms with E-state index in [0.29, 0.717) is 0 Å². The molecule has 0 rings (SSSR count). The molecule has 1 N–H and O–H groups in total. The van der Waals surface area contributed by atoms with Gasteiger partial charge in [0.25, 0.3) is 0 Å². The number of carboxylic acid groups (broad SMARTS) is 1. The summed E-state index contributed by atoms with van der Waals surface area (Å²) in [5, 5.41) is 6.87. The van der Waals surface area contributed by atoms with Crippen molar-refractivity contribution >= 4 is 29.2 Å². The van der Waals surface area contributed by atoms with Crippen molar-refractivity contribution in [3.63, 3.8) is 0 Å². The van der Waals surface area contributed by atoms with Gasteiger partial charge < -0.3 is 5.11 Å². The van der Waals surface area contributed by atoms with Crippen LogP contribution in [0.4, 0.5) is 0 Å². The maximum atomic E-state index is 9.68. The predicted molar refractivity (Wildman–Crippen MR) is 27.4 cm³/mol. The molecule has 4 heteroatoms. The summed E-state index contributed by atoms with van der Waals surface area (Å²) in [5.74, 6) is -0.249. The Kier molecular flexibility index (Phi) is 3.13. The van der Waals surface area contributed by atoms with Crippen molar-refractivity contribution in [2.24, 2.45) is 0 Å². The standard InChI is InChI=1S/C3H3Cl2O2/c4-1-2(5)3(6)7/h1-2H,(H,6,7). The van der Waals surface area contributed by atoms with Crippen molar-refractivity contribution in [3.8, 4) is 0 Å². The van der Waals surface area contributed by atoms with E-state index in [1.165, 1.54) is 0 Å². The fraction of sp³-hybridized carbons (Fsp3) is 0.333. The third-order valence-electron chi connectivity index (χ3n) is 0.347. The minimum Gasteiger partial charge on any atom is -0.480 e. The van der Waals surface area contributed by atoms with Gasteiger partial charge in [0.15, 0.2) is 0 Å². The molecule has 0 aromatic heterocycles. The number of alkyl halides is 1. The molecule has 41 valence electrons. The van der Waals surface area contributed by atoms with Crippen LogP contribution in [0, 0.1) is 5.88 Å². The maximum Gasteiger partial charge on any atom is 0.323 e. The number of hydrogen-bond acceptors (Lipinski definition) is 1. The molecule has 0 saturated carbocycles. The van der Waals surface area contributed by atoms with Gasteiger partial charge in [-0.25, -0.2) is 0 Å². The van der Waals surface area contributed by atoms with Crippen LogP contribution in [-0.4, -0.2) is 16.5 Å². The van der Waals surface area contributed by atoms with Crippen LogP contribution >= 0.6 is 23.2 Å². The fourth-order valence-corrected chi connectivity index (χ4v) is 0.162. The molecule has 1 unspecified atom stereocenters. The molecule has 0 aliphatic heterocycles. The van der Waals surface area contributed by atoms with Gasteiger partial charge in [0.05, 0.1) is 5.88 Å². The van der Waals surface area contributed by atoms with E-state index in [1.54, 1.807) is 0 Å². The average molecular weight is 142 g/mol. The monoisotopic (exact) mass is 141 g/mol. The van der Waals surface area contributed by atoms with E-state index in [1.807, 2.05) is 0 Å². The molecular formula is C3H3Cl2O2. The Morgan fingerprint density at radius 1 is 1.86 bits per heavy atom. The van der Waals surface area contributed by atoms with Crippen LogP contribution in [0.5, 0.6) is 0 Å². The summed E-state index contributed by atoms with van der Waals surface area (Å²) >= 11 is 9.92. The first kappa shape index (κ1) is 7.05. The zero-order valence-electron chi connectivity index (χ0n) is 3.27. The second-order valence-corrected chi connectivity index (χ2v) is 1.59. The molecule has 0 heterocycles. The molecule has 0 aromatic rings. The fourth-order valence-electron chi connectivity index (χ4n) is 0.0539. The van der Waals surface area contributed by atoms with Crippen molar-refractivity contribution in [3.05, 3.63) is 5.88 Å². The third kappa shape index (κ3) is 2.71. The molecule has 7 heavy (non-hydrogen) atoms. The molecule has 0 spiro atoms. The van der Waals surface area contributed by atoms with E-state index < -0.39 is 11.3 Å². The first-order valence-electron chi connectivity index (χ1n) is 1.49. The summed E-state index contributed by atoms with van der Waals surface area (Å²) in [7, 11) is 0. The lowest BCUT2D eigenvalue weighted by molar-refractivity contribution is -0.135. The van der Waals surface area contributed by atoms with Crippen LogP contribution in [0.3, 0.4) is 0 Å². The summed E-state index contributed by atoms with van der Waals surface area (Å²) in [6, 6.07) is 0. The normalized spacial score (nSPS) is 13.4. The van der Waals surface area contributed by atoms with Crippen molar-refractivity contribution < 1.29 is 9.90 Å². The highest BCUT2D eigenvalue weighted by atomic mass is 35.5. The average Bonchev–Trinajstić information content (AvgIpc) is 1.65. The summed E-state index contributed by atoms with van der Waals surface area (Å²) in [4.78, 5) is 9.68. The van der Waals surface area contributed by atoms with E-state index in [-0.39, 0.29) is 0 Å². The summed E-state index contributed by atoms with van der Waals surface area (Å²) in [5.41, 5.74) is 0. The Labute approximate surface area is 51.0 Å². The van der Waals surface area contributed by atoms with E-state index >= 15 is 0 Å². The molecule has 0 fully saturated rings. The number of halogens is 2. The molecule has 1 atom stereocenters. The van der Waals surface area contributed by atoms with E-state index in [4.69, 9.17) is 28.3 Å². The lowest BCUT2D eigenvalue weighted by atomic mass is 10.5. The van der Waals surface area contributed by atoms with Gasteiger partial charge in [-0.3, -0.25) is 4.79 Å². The second-order valence-electron chi connectivity index (χ2n) is 0.866. The number of aliphatic carboxylic acids is 1. The van der Waals surface area contributed by atoms with Gasteiger partial charge >= 0.3 is 5.97 Å². The topological polar surface area (TPSA) is 37.3 Å². The smallest absolute Gasteiger partial charge is 0.323 e. The Bertz CT molecular complexity index is 73.3. The minimum atomic E-state index is -1.13. The Morgan fingerprint density at radius 2 is 2.29 bits per heavy atom. The third-order valence-corrected chi connectivity index (χ3v) is 1.04. The molecule has 2 nitrogen and oxygen atoms in total. The Morgan fingerprint density at radius 3 is 2.29 bits per heavy atom. The van der Waals surface area contributed by atoms with Crippen molar-refractivity contribution in [2.45, 2.75) is 5.38 Å². The van der Waals surface area contributed by atoms with Crippen molar-refractivity contribution in [1.82, 2.24) is 0 Å². The Hall–Kier alpha value is 0.0500. The number of carbonyl (C=O) groups is 1. The second kappa shape index (κ2) is 3.10. The summed E-state index contributed by atoms with van der Waals surface area (Å²) < 4.78 is 0. The molecule has 0 aromatic carbocycles. The minimum absolute atomic E-state index is 0.879. The molecule has 0 saturated heterocycles. The van der Waals surface area contributed by atoms with Gasteiger partial charge in [-0.15, -0.1) is 23.2 Å². The van der Waals surface area contributed by atoms with Crippen LogP contribution < -0.4 is 0 Å². The van der Waals surface area contributed by atoms with E-state index in [2.05, 4.69) is 0 Å². The molecular weight excluding hydrogens is 139 g/mol. The van der Waals surface area contributed by atoms with E-state index in [0.717, 1.165) is 5.88 Å². The number of hydrogen-bond donors (Lipinski definition) is 1. The highest BCUT2D eigenvalue weighted by molar-refractivity contribution is 6.38. The van der Waals surface area contributed by atoms with Crippen LogP contribution in [0.25, 0.3) is 0 Å². The lowest BCUT2D eigenvalue weighted by Gasteiger charge is -1.91. The first-order valence-corrected chi connectivity index (χ1v) is 2.36. The predicted octanol–water partition coefficient (Wildman–Crippen LogP) is 1.08. The van der Waals surface area contributed by atoms with Gasteiger partial charge in [-0.1, -0.05) is 0 Å². The molecule has 1 radical (unpaired) electrons. The molecule has 0 aliphatic carbocycles. The summed E-state index contributed by atoms with van der Waals surface area (Å²) in [6.45, 7) is 0. The van der Waals surface area contributed by atoms with Gasteiger partial charge in [0.2, 0.25) is 0 Å². The number of rotatable bonds is 2. The molecule has 0 bridgehead atoms.